The summed E-state index contributed by atoms with van der Waals surface area (Å²) >= 11 is 0. The van der Waals surface area contributed by atoms with Gasteiger partial charge in [0.1, 0.15) is 5.82 Å². The molecule has 2 fully saturated rings. The molecule has 1 atom stereocenters. The number of pyridine rings is 1. The van der Waals surface area contributed by atoms with E-state index in [4.69, 9.17) is 0 Å². The van der Waals surface area contributed by atoms with Crippen LogP contribution in [-0.4, -0.2) is 52.5 Å². The third kappa shape index (κ3) is 2.14. The number of amides is 1. The van der Waals surface area contributed by atoms with Gasteiger partial charge in [0.15, 0.2) is 0 Å². The third-order valence-corrected chi connectivity index (χ3v) is 4.97. The predicted molar refractivity (Wildman–Crippen MR) is 76.9 cm³/mol. The monoisotopic (exact) mass is 289 g/mol. The Balaban J connectivity index is 1.80. The molecule has 2 aliphatic heterocycles. The lowest BCUT2D eigenvalue weighted by molar-refractivity contribution is -0.145. The van der Waals surface area contributed by atoms with E-state index in [0.717, 1.165) is 18.9 Å². The summed E-state index contributed by atoms with van der Waals surface area (Å²) in [5.41, 5.74) is -0.534. The van der Waals surface area contributed by atoms with Crippen LogP contribution in [0.1, 0.15) is 19.3 Å². The Morgan fingerprint density at radius 2 is 2.10 bits per heavy atom. The smallest absolute Gasteiger partial charge is 0.309 e. The van der Waals surface area contributed by atoms with Gasteiger partial charge in [-0.15, -0.1) is 0 Å². The van der Waals surface area contributed by atoms with Crippen molar-refractivity contribution in [1.82, 2.24) is 9.88 Å². The van der Waals surface area contributed by atoms with E-state index < -0.39 is 17.4 Å². The molecule has 112 valence electrons. The van der Waals surface area contributed by atoms with E-state index in [1.54, 1.807) is 18.1 Å². The minimum absolute atomic E-state index is 0.0614. The molecule has 0 unspecified atom stereocenters. The largest absolute Gasteiger partial charge is 0.481 e. The number of likely N-dealkylation sites (tertiary alicyclic amines) is 1. The van der Waals surface area contributed by atoms with Crippen molar-refractivity contribution in [3.05, 3.63) is 24.4 Å². The van der Waals surface area contributed by atoms with Gasteiger partial charge in [-0.2, -0.15) is 0 Å². The van der Waals surface area contributed by atoms with Crippen LogP contribution in [0.4, 0.5) is 5.82 Å². The number of aliphatic carboxylic acids is 1. The maximum atomic E-state index is 12.0. The van der Waals surface area contributed by atoms with Crippen LogP contribution in [0.15, 0.2) is 24.4 Å². The molecule has 0 aliphatic carbocycles. The van der Waals surface area contributed by atoms with Gasteiger partial charge in [0.05, 0.1) is 11.5 Å². The molecule has 1 amide bonds. The van der Waals surface area contributed by atoms with Gasteiger partial charge in [-0.05, 0) is 25.0 Å². The number of carbonyl (C=O) groups is 2. The molecule has 6 nitrogen and oxygen atoms in total. The molecule has 6 heteroatoms. The van der Waals surface area contributed by atoms with Crippen LogP contribution in [0.5, 0.6) is 0 Å². The van der Waals surface area contributed by atoms with Gasteiger partial charge >= 0.3 is 5.97 Å². The summed E-state index contributed by atoms with van der Waals surface area (Å²) in [7, 11) is 1.74. The lowest BCUT2D eigenvalue weighted by Crippen LogP contribution is -2.56. The fourth-order valence-corrected chi connectivity index (χ4v) is 3.65. The number of rotatable bonds is 2. The second kappa shape index (κ2) is 5.02. The Morgan fingerprint density at radius 1 is 1.38 bits per heavy atom. The minimum Gasteiger partial charge on any atom is -0.481 e. The van der Waals surface area contributed by atoms with Crippen LogP contribution < -0.4 is 4.90 Å². The zero-order valence-electron chi connectivity index (χ0n) is 12.0. The number of hydrogen-bond acceptors (Lipinski definition) is 4. The summed E-state index contributed by atoms with van der Waals surface area (Å²) in [6, 6.07) is 5.77. The molecule has 1 N–H and O–H groups in total. The van der Waals surface area contributed by atoms with Crippen molar-refractivity contribution in [1.29, 1.82) is 0 Å². The highest BCUT2D eigenvalue weighted by Gasteiger charge is 2.55. The lowest BCUT2D eigenvalue weighted by atomic mass is 9.77. The van der Waals surface area contributed by atoms with Crippen molar-refractivity contribution in [3.8, 4) is 0 Å². The highest BCUT2D eigenvalue weighted by Crippen LogP contribution is 2.43. The molecule has 1 spiro atoms. The average Bonchev–Trinajstić information content (AvgIpc) is 2.75. The van der Waals surface area contributed by atoms with E-state index in [0.29, 0.717) is 12.8 Å². The Kier molecular flexibility index (Phi) is 3.31. The minimum atomic E-state index is -0.862. The van der Waals surface area contributed by atoms with Crippen LogP contribution >= 0.6 is 0 Å². The second-order valence-electron chi connectivity index (χ2n) is 5.83. The second-order valence-corrected chi connectivity index (χ2v) is 5.83. The van der Waals surface area contributed by atoms with E-state index in [1.165, 1.54) is 0 Å². The molecule has 3 heterocycles. The SMILES string of the molecule is CN1C(=O)C[C@H](C(=O)O)C12CCN(c1ccccn1)CC2. The quantitative estimate of drug-likeness (QED) is 0.878. The first-order valence-electron chi connectivity index (χ1n) is 7.20. The molecule has 0 radical (unpaired) electrons. The average molecular weight is 289 g/mol. The lowest BCUT2D eigenvalue weighted by Gasteiger charge is -2.45. The fraction of sp³-hybridized carbons (Fsp3) is 0.533. The molecular formula is C15H19N3O3. The Labute approximate surface area is 123 Å². The Morgan fingerprint density at radius 3 is 2.67 bits per heavy atom. The van der Waals surface area contributed by atoms with Crippen LogP contribution in [0.25, 0.3) is 0 Å². The van der Waals surface area contributed by atoms with Crippen molar-refractivity contribution in [2.45, 2.75) is 24.8 Å². The highest BCUT2D eigenvalue weighted by molar-refractivity contribution is 5.88. The van der Waals surface area contributed by atoms with Crippen molar-refractivity contribution < 1.29 is 14.7 Å². The Hall–Kier alpha value is -2.11. The number of carboxylic acids is 1. The van der Waals surface area contributed by atoms with E-state index >= 15 is 0 Å². The molecular weight excluding hydrogens is 270 g/mol. The number of hydrogen-bond donors (Lipinski definition) is 1. The van der Waals surface area contributed by atoms with Crippen molar-refractivity contribution in [2.24, 2.45) is 5.92 Å². The number of anilines is 1. The summed E-state index contributed by atoms with van der Waals surface area (Å²) in [4.78, 5) is 31.6. The molecule has 0 aromatic carbocycles. The van der Waals surface area contributed by atoms with Gasteiger partial charge in [-0.1, -0.05) is 6.07 Å². The zero-order valence-corrected chi connectivity index (χ0v) is 12.0. The summed E-state index contributed by atoms with van der Waals surface area (Å²) in [5.74, 6) is -0.611. The third-order valence-electron chi connectivity index (χ3n) is 4.97. The van der Waals surface area contributed by atoms with Gasteiger partial charge < -0.3 is 14.9 Å². The first kappa shape index (κ1) is 13.9. The first-order valence-corrected chi connectivity index (χ1v) is 7.20. The van der Waals surface area contributed by atoms with Crippen LogP contribution in [0.2, 0.25) is 0 Å². The number of piperidine rings is 1. The molecule has 0 bridgehead atoms. The van der Waals surface area contributed by atoms with E-state index in [-0.39, 0.29) is 12.3 Å². The summed E-state index contributed by atoms with van der Waals surface area (Å²) in [6.45, 7) is 1.44. The van der Waals surface area contributed by atoms with E-state index in [2.05, 4.69) is 9.88 Å². The van der Waals surface area contributed by atoms with Gasteiger partial charge in [0, 0.05) is 32.8 Å². The van der Waals surface area contributed by atoms with Gasteiger partial charge in [0.2, 0.25) is 5.91 Å². The summed E-state index contributed by atoms with van der Waals surface area (Å²) in [6.07, 6.45) is 3.21. The first-order chi connectivity index (χ1) is 10.0. The number of carbonyl (C=O) groups excluding carboxylic acids is 1. The van der Waals surface area contributed by atoms with Gasteiger partial charge in [-0.25, -0.2) is 4.98 Å². The van der Waals surface area contributed by atoms with Crippen LogP contribution in [0.3, 0.4) is 0 Å². The predicted octanol–water partition coefficient (Wildman–Crippen LogP) is 0.983. The van der Waals surface area contributed by atoms with Crippen LogP contribution in [-0.2, 0) is 9.59 Å². The van der Waals surface area contributed by atoms with Crippen LogP contribution in [0, 0.1) is 5.92 Å². The molecule has 3 rings (SSSR count). The summed E-state index contributed by atoms with van der Waals surface area (Å²) in [5, 5.41) is 9.44. The normalized spacial score (nSPS) is 24.6. The molecule has 2 saturated heterocycles. The maximum Gasteiger partial charge on any atom is 0.309 e. The van der Waals surface area contributed by atoms with Crippen molar-refractivity contribution in [2.75, 3.05) is 25.0 Å². The zero-order chi connectivity index (χ0) is 15.0. The fourth-order valence-electron chi connectivity index (χ4n) is 3.65. The maximum absolute atomic E-state index is 12.0. The van der Waals surface area contributed by atoms with E-state index in [9.17, 15) is 14.7 Å². The number of nitrogens with zero attached hydrogens (tertiary/aromatic N) is 3. The molecule has 2 aliphatic rings. The highest BCUT2D eigenvalue weighted by atomic mass is 16.4. The van der Waals surface area contributed by atoms with Crippen molar-refractivity contribution >= 4 is 17.7 Å². The molecule has 21 heavy (non-hydrogen) atoms. The molecule has 1 aromatic heterocycles. The number of carboxylic acid groups (broad SMARTS) is 1. The molecule has 1 aromatic rings. The number of aromatic nitrogens is 1. The standard InChI is InChI=1S/C15H19N3O3/c1-17-13(19)10-11(14(20)21)15(17)5-8-18(9-6-15)12-4-2-3-7-16-12/h2-4,7,11H,5-6,8-10H2,1H3,(H,20,21)/t11-/m1/s1. The summed E-state index contributed by atoms with van der Waals surface area (Å²) < 4.78 is 0. The molecule has 0 saturated carbocycles. The topological polar surface area (TPSA) is 73.7 Å². The van der Waals surface area contributed by atoms with Crippen molar-refractivity contribution in [3.63, 3.8) is 0 Å². The Bertz CT molecular complexity index is 553. The van der Waals surface area contributed by atoms with E-state index in [1.807, 2.05) is 18.2 Å². The van der Waals surface area contributed by atoms with Gasteiger partial charge in [-0.3, -0.25) is 9.59 Å². The van der Waals surface area contributed by atoms with Gasteiger partial charge in [0.25, 0.3) is 0 Å².